The third-order valence-electron chi connectivity index (χ3n) is 6.27. The predicted octanol–water partition coefficient (Wildman–Crippen LogP) is 0.995. The van der Waals surface area contributed by atoms with Crippen molar-refractivity contribution in [2.75, 3.05) is 26.7 Å². The van der Waals surface area contributed by atoms with Crippen LogP contribution in [0, 0.1) is 17.2 Å². The quantitative estimate of drug-likeness (QED) is 0.614. The summed E-state index contributed by atoms with van der Waals surface area (Å²) in [7, 11) is -2.36. The molecule has 0 spiro atoms. The Labute approximate surface area is 205 Å². The minimum Gasteiger partial charge on any atom is -0.394 e. The number of ether oxygens (including phenoxy) is 1. The molecule has 12 heteroatoms. The standard InChI is InChI=1S/C23H32N6O5S/c1-17-13-28(18(2)15-30)23(31)5-4-10-29-20(12-25-26-29)16-34-22(17)14-27(3)35(32,33)21-8-6-19(11-24)7-9-21/h6-9,12,17-18,22,30H,4-5,10,13-16H2,1-3H3/t17-,18-,22-/m1/s1. The minimum absolute atomic E-state index is 0.0423. The average Bonchev–Trinajstić information content (AvgIpc) is 3.30. The summed E-state index contributed by atoms with van der Waals surface area (Å²) in [6.45, 7) is 4.55. The Morgan fingerprint density at radius 2 is 2.06 bits per heavy atom. The van der Waals surface area contributed by atoms with Gasteiger partial charge in [-0.15, -0.1) is 5.10 Å². The number of nitrogens with zero attached hydrogens (tertiary/aromatic N) is 6. The lowest BCUT2D eigenvalue weighted by Gasteiger charge is -2.35. The monoisotopic (exact) mass is 504 g/mol. The zero-order valence-electron chi connectivity index (χ0n) is 20.2. The molecule has 1 amide bonds. The summed E-state index contributed by atoms with van der Waals surface area (Å²) >= 11 is 0. The molecule has 3 rings (SSSR count). The number of hydrogen-bond acceptors (Lipinski definition) is 8. The van der Waals surface area contributed by atoms with Crippen molar-refractivity contribution in [3.8, 4) is 6.07 Å². The number of benzene rings is 1. The van der Waals surface area contributed by atoms with Crippen molar-refractivity contribution in [1.29, 1.82) is 5.26 Å². The van der Waals surface area contributed by atoms with Crippen LogP contribution in [-0.4, -0.2) is 82.5 Å². The van der Waals surface area contributed by atoms with E-state index in [0.29, 0.717) is 31.5 Å². The molecule has 2 aromatic rings. The largest absolute Gasteiger partial charge is 0.394 e. The van der Waals surface area contributed by atoms with Gasteiger partial charge in [0.1, 0.15) is 0 Å². The topological polar surface area (TPSA) is 142 Å². The van der Waals surface area contributed by atoms with Gasteiger partial charge in [-0.3, -0.25) is 4.79 Å². The maximum absolute atomic E-state index is 13.2. The number of aromatic nitrogens is 3. The molecule has 190 valence electrons. The molecule has 0 aliphatic carbocycles. The summed E-state index contributed by atoms with van der Waals surface area (Å²) in [5.74, 6) is -0.326. The Morgan fingerprint density at radius 1 is 1.34 bits per heavy atom. The summed E-state index contributed by atoms with van der Waals surface area (Å²) in [6.07, 6.45) is 1.92. The van der Waals surface area contributed by atoms with E-state index < -0.39 is 16.1 Å². The fourth-order valence-corrected chi connectivity index (χ4v) is 5.16. The van der Waals surface area contributed by atoms with E-state index in [9.17, 15) is 18.3 Å². The van der Waals surface area contributed by atoms with Gasteiger partial charge in [0.05, 0.1) is 53.8 Å². The molecule has 1 aromatic heterocycles. The van der Waals surface area contributed by atoms with Crippen molar-refractivity contribution >= 4 is 15.9 Å². The van der Waals surface area contributed by atoms with Crippen molar-refractivity contribution in [3.63, 3.8) is 0 Å². The number of sulfonamides is 1. The van der Waals surface area contributed by atoms with Crippen LogP contribution >= 0.6 is 0 Å². The number of carbonyl (C=O) groups is 1. The summed E-state index contributed by atoms with van der Waals surface area (Å²) in [5, 5.41) is 26.7. The Morgan fingerprint density at radius 3 is 2.71 bits per heavy atom. The van der Waals surface area contributed by atoms with Crippen molar-refractivity contribution in [2.24, 2.45) is 5.92 Å². The molecule has 0 radical (unpaired) electrons. The van der Waals surface area contributed by atoms with Gasteiger partial charge in [-0.25, -0.2) is 13.1 Å². The summed E-state index contributed by atoms with van der Waals surface area (Å²) in [4.78, 5) is 14.7. The molecule has 3 atom stereocenters. The molecular formula is C23H32N6O5S. The third-order valence-corrected chi connectivity index (χ3v) is 8.11. The van der Waals surface area contributed by atoms with E-state index in [-0.39, 0.29) is 42.5 Å². The number of likely N-dealkylation sites (N-methyl/N-ethyl adjacent to an activating group) is 1. The molecule has 1 aliphatic rings. The lowest BCUT2D eigenvalue weighted by Crippen LogP contribution is -2.47. The maximum atomic E-state index is 13.2. The molecule has 35 heavy (non-hydrogen) atoms. The Hall–Kier alpha value is -2.85. The lowest BCUT2D eigenvalue weighted by molar-refractivity contribution is -0.136. The van der Waals surface area contributed by atoms with Crippen LogP contribution in [0.25, 0.3) is 0 Å². The van der Waals surface area contributed by atoms with E-state index in [0.717, 1.165) is 5.69 Å². The highest BCUT2D eigenvalue weighted by atomic mass is 32.2. The van der Waals surface area contributed by atoms with Crippen molar-refractivity contribution in [2.45, 2.75) is 56.9 Å². The van der Waals surface area contributed by atoms with Crippen LogP contribution in [0.2, 0.25) is 0 Å². The smallest absolute Gasteiger partial charge is 0.242 e. The normalized spacial score (nSPS) is 21.0. The average molecular weight is 505 g/mol. The van der Waals surface area contributed by atoms with Gasteiger partial charge in [0.15, 0.2) is 0 Å². The van der Waals surface area contributed by atoms with Gasteiger partial charge in [-0.1, -0.05) is 12.1 Å². The van der Waals surface area contributed by atoms with Gasteiger partial charge in [-0.2, -0.15) is 9.57 Å². The van der Waals surface area contributed by atoms with E-state index in [1.54, 1.807) is 22.7 Å². The number of aryl methyl sites for hydroxylation is 1. The van der Waals surface area contributed by atoms with E-state index in [4.69, 9.17) is 10.00 Å². The molecule has 0 unspecified atom stereocenters. The number of carbonyl (C=O) groups excluding carboxylic acids is 1. The van der Waals surface area contributed by atoms with E-state index >= 15 is 0 Å². The first-order valence-electron chi connectivity index (χ1n) is 11.5. The fourth-order valence-electron chi connectivity index (χ4n) is 3.98. The molecule has 0 fully saturated rings. The summed E-state index contributed by atoms with van der Waals surface area (Å²) in [6, 6.07) is 7.33. The minimum atomic E-state index is -3.84. The number of rotatable bonds is 6. The molecule has 1 N–H and O–H groups in total. The zero-order chi connectivity index (χ0) is 25.6. The SMILES string of the molecule is C[C@@H]1CN([C@H](C)CO)C(=O)CCCn2nncc2CO[C@@H]1CN(C)S(=O)(=O)c1ccc(C#N)cc1. The number of hydrogen-bond donors (Lipinski definition) is 1. The highest BCUT2D eigenvalue weighted by Gasteiger charge is 2.31. The first-order chi connectivity index (χ1) is 16.7. The van der Waals surface area contributed by atoms with Gasteiger partial charge < -0.3 is 14.7 Å². The van der Waals surface area contributed by atoms with Crippen LogP contribution in [0.4, 0.5) is 0 Å². The highest BCUT2D eigenvalue weighted by Crippen LogP contribution is 2.21. The Balaban J connectivity index is 1.86. The van der Waals surface area contributed by atoms with Gasteiger partial charge >= 0.3 is 0 Å². The fraction of sp³-hybridized carbons (Fsp3) is 0.565. The summed E-state index contributed by atoms with van der Waals surface area (Å²) < 4.78 is 35.5. The molecule has 11 nitrogen and oxygen atoms in total. The second kappa shape index (κ2) is 11.7. The van der Waals surface area contributed by atoms with Crippen LogP contribution < -0.4 is 0 Å². The van der Waals surface area contributed by atoms with Crippen molar-refractivity contribution in [1.82, 2.24) is 24.2 Å². The van der Waals surface area contributed by atoms with Gasteiger partial charge in [0.2, 0.25) is 15.9 Å². The Bertz CT molecular complexity index is 1140. The van der Waals surface area contributed by atoms with Crippen LogP contribution in [0.5, 0.6) is 0 Å². The van der Waals surface area contributed by atoms with Gasteiger partial charge in [0.25, 0.3) is 0 Å². The molecule has 0 saturated carbocycles. The molecule has 0 saturated heterocycles. The van der Waals surface area contributed by atoms with E-state index in [1.807, 2.05) is 13.0 Å². The number of fused-ring (bicyclic) bond motifs is 1. The van der Waals surface area contributed by atoms with Crippen molar-refractivity contribution in [3.05, 3.63) is 41.7 Å². The van der Waals surface area contributed by atoms with Crippen LogP contribution in [-0.2, 0) is 32.7 Å². The molecule has 1 aliphatic heterocycles. The number of aliphatic hydroxyl groups is 1. The molecule has 0 bridgehead atoms. The van der Waals surface area contributed by atoms with Crippen LogP contribution in [0.3, 0.4) is 0 Å². The molecule has 2 heterocycles. The van der Waals surface area contributed by atoms with Crippen molar-refractivity contribution < 1.29 is 23.1 Å². The first kappa shape index (κ1) is 26.7. The number of aliphatic hydroxyl groups excluding tert-OH is 1. The summed E-state index contributed by atoms with van der Waals surface area (Å²) in [5.41, 5.74) is 1.12. The first-order valence-corrected chi connectivity index (χ1v) is 13.0. The predicted molar refractivity (Wildman–Crippen MR) is 126 cm³/mol. The maximum Gasteiger partial charge on any atom is 0.242 e. The second-order valence-corrected chi connectivity index (χ2v) is 10.9. The van der Waals surface area contributed by atoms with Crippen LogP contribution in [0.15, 0.2) is 35.4 Å². The molecule has 1 aromatic carbocycles. The van der Waals surface area contributed by atoms with E-state index in [1.165, 1.54) is 35.6 Å². The third kappa shape index (κ3) is 6.43. The van der Waals surface area contributed by atoms with Crippen LogP contribution in [0.1, 0.15) is 37.9 Å². The number of amides is 1. The van der Waals surface area contributed by atoms with Gasteiger partial charge in [-0.05, 0) is 37.6 Å². The molecular weight excluding hydrogens is 472 g/mol. The van der Waals surface area contributed by atoms with E-state index in [2.05, 4.69) is 10.3 Å². The second-order valence-electron chi connectivity index (χ2n) is 8.88. The zero-order valence-corrected chi connectivity index (χ0v) is 21.1. The van der Waals surface area contributed by atoms with Gasteiger partial charge in [0, 0.05) is 39.0 Å². The lowest BCUT2D eigenvalue weighted by atomic mass is 10.0. The number of nitriles is 1. The Kier molecular flexibility index (Phi) is 8.96. The highest BCUT2D eigenvalue weighted by molar-refractivity contribution is 7.89.